The van der Waals surface area contributed by atoms with Crippen LogP contribution < -0.4 is 10.6 Å². The van der Waals surface area contributed by atoms with E-state index in [9.17, 15) is 14.0 Å². The van der Waals surface area contributed by atoms with E-state index in [2.05, 4.69) is 10.6 Å². The number of rotatable bonds is 5. The molecule has 0 aromatic heterocycles. The lowest BCUT2D eigenvalue weighted by atomic mass is 10.1. The maximum absolute atomic E-state index is 13.6. The van der Waals surface area contributed by atoms with Crippen LogP contribution in [0.4, 0.5) is 4.39 Å². The number of nitrogens with one attached hydrogen (secondary N) is 2. The summed E-state index contributed by atoms with van der Waals surface area (Å²) in [5.41, 5.74) is 0.767. The average molecular weight is 418 g/mol. The van der Waals surface area contributed by atoms with E-state index in [-0.39, 0.29) is 10.0 Å². The van der Waals surface area contributed by atoms with Gasteiger partial charge in [-0.1, -0.05) is 34.8 Å². The van der Waals surface area contributed by atoms with Crippen LogP contribution in [0.25, 0.3) is 0 Å². The Balaban J connectivity index is 2.01. The summed E-state index contributed by atoms with van der Waals surface area (Å²) in [7, 11) is 0. The number of carbonyl (C=O) groups excluding carboxylic acids is 2. The molecular weight excluding hydrogens is 402 g/mol. The molecule has 2 N–H and O–H groups in total. The van der Waals surface area contributed by atoms with E-state index in [1.54, 1.807) is 38.1 Å². The summed E-state index contributed by atoms with van der Waals surface area (Å²) in [5.74, 6) is -1.48. The molecule has 0 radical (unpaired) electrons. The topological polar surface area (TPSA) is 58.2 Å². The van der Waals surface area contributed by atoms with Gasteiger partial charge in [-0.05, 0) is 55.8 Å². The van der Waals surface area contributed by atoms with Crippen LogP contribution >= 0.6 is 34.8 Å². The third kappa shape index (κ3) is 5.10. The van der Waals surface area contributed by atoms with Crippen molar-refractivity contribution in [3.05, 3.63) is 68.4 Å². The molecule has 8 heteroatoms. The third-order valence-corrected chi connectivity index (χ3v) is 4.58. The van der Waals surface area contributed by atoms with Crippen molar-refractivity contribution in [2.75, 3.05) is 0 Å². The van der Waals surface area contributed by atoms with Crippen molar-refractivity contribution in [1.82, 2.24) is 10.6 Å². The first kappa shape index (κ1) is 20.5. The SMILES string of the molecule is CC(NC(=O)c1ccc(Cl)cc1)C(=O)NC(C)c1cc(F)c(Cl)cc1Cl. The molecule has 4 nitrogen and oxygen atoms in total. The normalized spacial score (nSPS) is 13.0. The first-order valence-electron chi connectivity index (χ1n) is 7.70. The lowest BCUT2D eigenvalue weighted by Gasteiger charge is -2.20. The van der Waals surface area contributed by atoms with Crippen LogP contribution in [-0.4, -0.2) is 17.9 Å². The predicted octanol–water partition coefficient (Wildman–Crippen LogP) is 4.78. The minimum atomic E-state index is -0.809. The summed E-state index contributed by atoms with van der Waals surface area (Å²) >= 11 is 17.5. The van der Waals surface area contributed by atoms with Crippen molar-refractivity contribution < 1.29 is 14.0 Å². The average Bonchev–Trinajstić information content (AvgIpc) is 2.58. The van der Waals surface area contributed by atoms with Crippen LogP contribution in [-0.2, 0) is 4.79 Å². The minimum absolute atomic E-state index is 0.0964. The van der Waals surface area contributed by atoms with Gasteiger partial charge in [0.1, 0.15) is 11.9 Å². The molecular formula is C18H16Cl3FN2O2. The highest BCUT2D eigenvalue weighted by atomic mass is 35.5. The van der Waals surface area contributed by atoms with Gasteiger partial charge in [0, 0.05) is 15.6 Å². The summed E-state index contributed by atoms with van der Waals surface area (Å²) in [6, 6.07) is 7.35. The van der Waals surface area contributed by atoms with E-state index in [0.29, 0.717) is 16.1 Å². The van der Waals surface area contributed by atoms with Gasteiger partial charge in [-0.3, -0.25) is 9.59 Å². The number of hydrogen-bond donors (Lipinski definition) is 2. The number of amides is 2. The molecule has 2 unspecified atom stereocenters. The quantitative estimate of drug-likeness (QED) is 0.688. The Bertz CT molecular complexity index is 828. The Hall–Kier alpha value is -1.82. The molecule has 138 valence electrons. The fourth-order valence-electron chi connectivity index (χ4n) is 2.23. The standard InChI is InChI=1S/C18H16Cl3FN2O2/c1-9(13-7-16(22)15(21)8-14(13)20)23-17(25)10(2)24-18(26)11-3-5-12(19)6-4-11/h3-10H,1-2H3,(H,23,25)(H,24,26). The fraction of sp³-hybridized carbons (Fsp3) is 0.222. The second kappa shape index (κ2) is 8.71. The highest BCUT2D eigenvalue weighted by molar-refractivity contribution is 6.35. The van der Waals surface area contributed by atoms with Crippen LogP contribution in [0, 0.1) is 5.82 Å². The number of carbonyl (C=O) groups is 2. The van der Waals surface area contributed by atoms with Gasteiger partial charge in [0.05, 0.1) is 11.1 Å². The van der Waals surface area contributed by atoms with E-state index in [1.165, 1.54) is 12.1 Å². The van der Waals surface area contributed by atoms with Gasteiger partial charge < -0.3 is 10.6 Å². The van der Waals surface area contributed by atoms with Gasteiger partial charge in [-0.25, -0.2) is 4.39 Å². The lowest BCUT2D eigenvalue weighted by Crippen LogP contribution is -2.45. The zero-order valence-electron chi connectivity index (χ0n) is 13.9. The Morgan fingerprint density at radius 3 is 2.19 bits per heavy atom. The van der Waals surface area contributed by atoms with Gasteiger partial charge >= 0.3 is 0 Å². The first-order valence-corrected chi connectivity index (χ1v) is 8.83. The van der Waals surface area contributed by atoms with Crippen LogP contribution in [0.5, 0.6) is 0 Å². The van der Waals surface area contributed by atoms with E-state index in [1.807, 2.05) is 0 Å². The molecule has 0 fully saturated rings. The van der Waals surface area contributed by atoms with Crippen LogP contribution in [0.2, 0.25) is 15.1 Å². The van der Waals surface area contributed by atoms with Crippen molar-refractivity contribution in [1.29, 1.82) is 0 Å². The molecule has 0 saturated carbocycles. The Labute approximate surface area is 165 Å². The van der Waals surface area contributed by atoms with Crippen LogP contribution in [0.1, 0.15) is 35.8 Å². The Morgan fingerprint density at radius 2 is 1.58 bits per heavy atom. The van der Waals surface area contributed by atoms with Crippen molar-refractivity contribution in [3.63, 3.8) is 0 Å². The maximum Gasteiger partial charge on any atom is 0.251 e. The van der Waals surface area contributed by atoms with E-state index >= 15 is 0 Å². The molecule has 0 aliphatic heterocycles. The minimum Gasteiger partial charge on any atom is -0.348 e. The molecule has 2 atom stereocenters. The molecule has 0 saturated heterocycles. The van der Waals surface area contributed by atoms with E-state index in [4.69, 9.17) is 34.8 Å². The molecule has 2 rings (SSSR count). The molecule has 0 heterocycles. The second-order valence-corrected chi connectivity index (χ2v) is 6.97. The Kier molecular flexibility index (Phi) is 6.87. The summed E-state index contributed by atoms with van der Waals surface area (Å²) < 4.78 is 13.6. The summed E-state index contributed by atoms with van der Waals surface area (Å²) in [4.78, 5) is 24.4. The molecule has 2 aromatic carbocycles. The molecule has 2 aromatic rings. The number of hydrogen-bond acceptors (Lipinski definition) is 2. The summed E-state index contributed by atoms with van der Waals surface area (Å²) in [6.45, 7) is 3.19. The smallest absolute Gasteiger partial charge is 0.251 e. The van der Waals surface area contributed by atoms with E-state index in [0.717, 1.165) is 0 Å². The van der Waals surface area contributed by atoms with Crippen LogP contribution in [0.15, 0.2) is 36.4 Å². The first-order chi connectivity index (χ1) is 12.2. The lowest BCUT2D eigenvalue weighted by molar-refractivity contribution is -0.123. The molecule has 0 spiro atoms. The molecule has 26 heavy (non-hydrogen) atoms. The maximum atomic E-state index is 13.6. The molecule has 0 aliphatic rings. The molecule has 0 aliphatic carbocycles. The van der Waals surface area contributed by atoms with Crippen molar-refractivity contribution in [2.45, 2.75) is 25.9 Å². The predicted molar refractivity (Wildman–Crippen MR) is 101 cm³/mol. The zero-order chi connectivity index (χ0) is 19.4. The van der Waals surface area contributed by atoms with Gasteiger partial charge in [0.25, 0.3) is 5.91 Å². The fourth-order valence-corrected chi connectivity index (χ4v) is 2.91. The highest BCUT2D eigenvalue weighted by Gasteiger charge is 2.21. The van der Waals surface area contributed by atoms with Gasteiger partial charge in [0.2, 0.25) is 5.91 Å². The summed E-state index contributed by atoms with van der Waals surface area (Å²) in [5, 5.41) is 5.91. The summed E-state index contributed by atoms with van der Waals surface area (Å²) in [6.07, 6.45) is 0. The van der Waals surface area contributed by atoms with Gasteiger partial charge in [-0.2, -0.15) is 0 Å². The largest absolute Gasteiger partial charge is 0.348 e. The van der Waals surface area contributed by atoms with Gasteiger partial charge in [0.15, 0.2) is 0 Å². The second-order valence-electron chi connectivity index (χ2n) is 5.72. The van der Waals surface area contributed by atoms with E-state index < -0.39 is 29.7 Å². The van der Waals surface area contributed by atoms with Crippen LogP contribution in [0.3, 0.4) is 0 Å². The Morgan fingerprint density at radius 1 is 0.962 bits per heavy atom. The zero-order valence-corrected chi connectivity index (χ0v) is 16.2. The number of benzene rings is 2. The van der Waals surface area contributed by atoms with Gasteiger partial charge in [-0.15, -0.1) is 0 Å². The third-order valence-electron chi connectivity index (χ3n) is 3.71. The number of halogens is 4. The van der Waals surface area contributed by atoms with Crippen molar-refractivity contribution in [3.8, 4) is 0 Å². The monoisotopic (exact) mass is 416 g/mol. The highest BCUT2D eigenvalue weighted by Crippen LogP contribution is 2.28. The van der Waals surface area contributed by atoms with Crippen molar-refractivity contribution >= 4 is 46.6 Å². The van der Waals surface area contributed by atoms with Crippen molar-refractivity contribution in [2.24, 2.45) is 0 Å². The molecule has 0 bridgehead atoms. The molecule has 2 amide bonds.